The minimum Gasteiger partial charge on any atom is -0.480 e. The number of aromatic nitrogens is 2. The molecule has 0 bridgehead atoms. The van der Waals surface area contributed by atoms with Crippen LogP contribution >= 0.6 is 0 Å². The fourth-order valence-electron chi connectivity index (χ4n) is 1.58. The molecule has 1 fully saturated rings. The molecule has 0 unspecified atom stereocenters. The topological polar surface area (TPSA) is 78.3 Å². The molecule has 0 aromatic carbocycles. The van der Waals surface area contributed by atoms with E-state index in [0.29, 0.717) is 13.1 Å². The van der Waals surface area contributed by atoms with Gasteiger partial charge in [-0.05, 0) is 0 Å². The van der Waals surface area contributed by atoms with Crippen molar-refractivity contribution in [3.05, 3.63) is 18.6 Å². The lowest BCUT2D eigenvalue weighted by Gasteiger charge is -2.32. The van der Waals surface area contributed by atoms with Crippen molar-refractivity contribution in [3.8, 4) is 0 Å². The van der Waals surface area contributed by atoms with E-state index in [0.717, 1.165) is 12.4 Å². The molecule has 2 N–H and O–H groups in total. The first kappa shape index (κ1) is 9.85. The highest BCUT2D eigenvalue weighted by molar-refractivity contribution is 5.74. The maximum absolute atomic E-state index is 10.8. The van der Waals surface area contributed by atoms with Crippen molar-refractivity contribution in [2.75, 3.05) is 24.5 Å². The van der Waals surface area contributed by atoms with Crippen molar-refractivity contribution in [1.82, 2.24) is 15.3 Å². The van der Waals surface area contributed by atoms with Crippen LogP contribution in [0.2, 0.25) is 0 Å². The molecule has 1 aromatic rings. The van der Waals surface area contributed by atoms with Crippen molar-refractivity contribution in [3.63, 3.8) is 0 Å². The number of hydrogen-bond donors (Lipinski definition) is 2. The fourth-order valence-corrected chi connectivity index (χ4v) is 1.58. The average Bonchev–Trinajstić information content (AvgIpc) is 2.30. The van der Waals surface area contributed by atoms with Gasteiger partial charge in [-0.3, -0.25) is 9.78 Å². The molecule has 6 nitrogen and oxygen atoms in total. The van der Waals surface area contributed by atoms with Crippen LogP contribution in [0, 0.1) is 0 Å². The number of aliphatic carboxylic acids is 1. The first-order chi connectivity index (χ1) is 7.27. The second kappa shape index (κ2) is 4.22. The lowest BCUT2D eigenvalue weighted by molar-refractivity contribution is -0.139. The predicted octanol–water partition coefficient (Wildman–Crippen LogP) is -0.661. The normalized spacial score (nSPS) is 21.3. The smallest absolute Gasteiger partial charge is 0.322 e. The van der Waals surface area contributed by atoms with Crippen LogP contribution in [0.5, 0.6) is 0 Å². The summed E-state index contributed by atoms with van der Waals surface area (Å²) in [4.78, 5) is 20.8. The zero-order chi connectivity index (χ0) is 10.7. The van der Waals surface area contributed by atoms with Crippen LogP contribution in [-0.4, -0.2) is 46.7 Å². The van der Waals surface area contributed by atoms with Crippen molar-refractivity contribution >= 4 is 11.8 Å². The van der Waals surface area contributed by atoms with Crippen LogP contribution in [-0.2, 0) is 4.79 Å². The van der Waals surface area contributed by atoms with Gasteiger partial charge in [-0.15, -0.1) is 0 Å². The Morgan fingerprint density at radius 3 is 3.13 bits per heavy atom. The third-order valence-electron chi connectivity index (χ3n) is 2.35. The summed E-state index contributed by atoms with van der Waals surface area (Å²) in [5.74, 6) is -0.103. The number of carboxylic acids is 1. The van der Waals surface area contributed by atoms with Gasteiger partial charge in [0, 0.05) is 32.0 Å². The number of piperazine rings is 1. The van der Waals surface area contributed by atoms with Crippen molar-refractivity contribution in [1.29, 1.82) is 0 Å². The summed E-state index contributed by atoms with van der Waals surface area (Å²) in [6, 6.07) is -0.527. The lowest BCUT2D eigenvalue weighted by Crippen LogP contribution is -2.54. The van der Waals surface area contributed by atoms with E-state index in [1.165, 1.54) is 0 Å². The van der Waals surface area contributed by atoms with Gasteiger partial charge < -0.3 is 15.3 Å². The molecule has 0 aliphatic carbocycles. The van der Waals surface area contributed by atoms with E-state index in [9.17, 15) is 4.79 Å². The minimum absolute atomic E-state index is 0.425. The molecule has 1 aliphatic rings. The zero-order valence-electron chi connectivity index (χ0n) is 8.13. The summed E-state index contributed by atoms with van der Waals surface area (Å²) in [6.45, 7) is 1.82. The molecule has 0 spiro atoms. The van der Waals surface area contributed by atoms with Gasteiger partial charge in [0.1, 0.15) is 11.9 Å². The highest BCUT2D eigenvalue weighted by Crippen LogP contribution is 2.10. The molecule has 1 aromatic heterocycles. The van der Waals surface area contributed by atoms with Crippen LogP contribution in [0.4, 0.5) is 5.82 Å². The molecule has 15 heavy (non-hydrogen) atoms. The number of nitrogens with zero attached hydrogens (tertiary/aromatic N) is 3. The van der Waals surface area contributed by atoms with Crippen LogP contribution in [0.1, 0.15) is 0 Å². The third-order valence-corrected chi connectivity index (χ3v) is 2.35. The number of hydrogen-bond acceptors (Lipinski definition) is 5. The van der Waals surface area contributed by atoms with Crippen LogP contribution in [0.15, 0.2) is 18.6 Å². The second-order valence-electron chi connectivity index (χ2n) is 3.35. The van der Waals surface area contributed by atoms with Gasteiger partial charge in [-0.25, -0.2) is 4.98 Å². The zero-order valence-corrected chi connectivity index (χ0v) is 8.13. The Hall–Kier alpha value is -1.69. The molecule has 1 aliphatic heterocycles. The SMILES string of the molecule is O=C(O)[C@@H]1CN(c2cnccn2)CCN1. The Bertz CT molecular complexity index is 343. The quantitative estimate of drug-likeness (QED) is 0.671. The summed E-state index contributed by atoms with van der Waals surface area (Å²) in [6.07, 6.45) is 4.84. The van der Waals surface area contributed by atoms with Gasteiger partial charge in [0.25, 0.3) is 0 Å². The second-order valence-corrected chi connectivity index (χ2v) is 3.35. The highest BCUT2D eigenvalue weighted by atomic mass is 16.4. The van der Waals surface area contributed by atoms with E-state index >= 15 is 0 Å². The number of carbonyl (C=O) groups is 1. The number of anilines is 1. The summed E-state index contributed by atoms with van der Waals surface area (Å²) in [7, 11) is 0. The summed E-state index contributed by atoms with van der Waals surface area (Å²) >= 11 is 0. The van der Waals surface area contributed by atoms with Gasteiger partial charge in [0.05, 0.1) is 6.20 Å². The van der Waals surface area contributed by atoms with Crippen LogP contribution in [0.25, 0.3) is 0 Å². The van der Waals surface area contributed by atoms with E-state index in [1.54, 1.807) is 18.6 Å². The maximum Gasteiger partial charge on any atom is 0.322 e. The Labute approximate surface area is 87.0 Å². The first-order valence-corrected chi connectivity index (χ1v) is 4.74. The van der Waals surface area contributed by atoms with Gasteiger partial charge >= 0.3 is 5.97 Å². The van der Waals surface area contributed by atoms with Crippen molar-refractivity contribution < 1.29 is 9.90 Å². The molecular formula is C9H12N4O2. The van der Waals surface area contributed by atoms with Gasteiger partial charge in [0.15, 0.2) is 0 Å². The number of carboxylic acid groups (broad SMARTS) is 1. The maximum atomic E-state index is 10.8. The largest absolute Gasteiger partial charge is 0.480 e. The Balaban J connectivity index is 2.08. The van der Waals surface area contributed by atoms with Crippen molar-refractivity contribution in [2.45, 2.75) is 6.04 Å². The number of nitrogens with one attached hydrogen (secondary N) is 1. The molecule has 0 radical (unpaired) electrons. The van der Waals surface area contributed by atoms with Crippen LogP contribution < -0.4 is 10.2 Å². The Kier molecular flexibility index (Phi) is 2.77. The minimum atomic E-state index is -0.830. The van der Waals surface area contributed by atoms with Gasteiger partial charge in [0.2, 0.25) is 0 Å². The molecule has 1 saturated heterocycles. The number of rotatable bonds is 2. The Morgan fingerprint density at radius 1 is 1.60 bits per heavy atom. The van der Waals surface area contributed by atoms with E-state index in [1.807, 2.05) is 4.90 Å². The average molecular weight is 208 g/mol. The monoisotopic (exact) mass is 208 g/mol. The molecule has 2 heterocycles. The van der Waals surface area contributed by atoms with Gasteiger partial charge in [-0.1, -0.05) is 0 Å². The lowest BCUT2D eigenvalue weighted by atomic mass is 10.2. The molecule has 0 saturated carbocycles. The predicted molar refractivity (Wildman–Crippen MR) is 53.7 cm³/mol. The van der Waals surface area contributed by atoms with E-state index < -0.39 is 12.0 Å². The highest BCUT2D eigenvalue weighted by Gasteiger charge is 2.25. The first-order valence-electron chi connectivity index (χ1n) is 4.74. The van der Waals surface area contributed by atoms with Crippen LogP contribution in [0.3, 0.4) is 0 Å². The molecule has 2 rings (SSSR count). The summed E-state index contributed by atoms with van der Waals surface area (Å²) < 4.78 is 0. The molecule has 0 amide bonds. The van der Waals surface area contributed by atoms with Crippen molar-refractivity contribution in [2.24, 2.45) is 0 Å². The standard InChI is InChI=1S/C9H12N4O2/c14-9(15)7-6-13(4-3-11-7)8-5-10-1-2-12-8/h1-2,5,7,11H,3-4,6H2,(H,14,15)/t7-/m0/s1. The molecule has 6 heteroatoms. The fraction of sp³-hybridized carbons (Fsp3) is 0.444. The Morgan fingerprint density at radius 2 is 2.47 bits per heavy atom. The third kappa shape index (κ3) is 2.21. The molecule has 80 valence electrons. The van der Waals surface area contributed by atoms with E-state index in [2.05, 4.69) is 15.3 Å². The van der Waals surface area contributed by atoms with E-state index in [-0.39, 0.29) is 0 Å². The molecular weight excluding hydrogens is 196 g/mol. The van der Waals surface area contributed by atoms with E-state index in [4.69, 9.17) is 5.11 Å². The molecule has 1 atom stereocenters. The summed E-state index contributed by atoms with van der Waals surface area (Å²) in [5.41, 5.74) is 0. The summed E-state index contributed by atoms with van der Waals surface area (Å²) in [5, 5.41) is 11.8. The van der Waals surface area contributed by atoms with Gasteiger partial charge in [-0.2, -0.15) is 0 Å².